The maximum absolute atomic E-state index is 14.8. The number of carbonyl (C=O) groups excluding carboxylic acids is 14. The Morgan fingerprint density at radius 3 is 0.433 bits per heavy atom. The van der Waals surface area contributed by atoms with E-state index in [1.165, 1.54) is 41.5 Å². The maximum atomic E-state index is 14.8. The molecule has 0 radical (unpaired) electrons. The largest absolute Gasteiger partial charge is 0.464 e. The molecule has 97 heavy (non-hydrogen) atoms. The van der Waals surface area contributed by atoms with Gasteiger partial charge < -0.3 is 66.3 Å². The summed E-state index contributed by atoms with van der Waals surface area (Å²) in [5.41, 5.74) is -13.4. The van der Waals surface area contributed by atoms with Crippen LogP contribution in [-0.2, 0) is 133 Å². The van der Waals surface area contributed by atoms with Crippen LogP contribution in [0.25, 0.3) is 0 Å². The third-order valence-electron chi connectivity index (χ3n) is 14.5. The minimum absolute atomic E-state index is 0.0738. The second-order valence-corrected chi connectivity index (χ2v) is 27.7. The second kappa shape index (κ2) is 47.5. The summed E-state index contributed by atoms with van der Waals surface area (Å²) >= 11 is 32.3. The topological polar surface area (TPSA) is 368 Å². The molecule has 0 fully saturated rings. The van der Waals surface area contributed by atoms with E-state index in [9.17, 15) is 67.1 Å². The summed E-state index contributed by atoms with van der Waals surface area (Å²) in [6.07, 6.45) is -1.20. The molecule has 0 saturated carbocycles. The Morgan fingerprint density at radius 2 is 0.320 bits per heavy atom. The zero-order chi connectivity index (χ0) is 74.1. The molecule has 0 bridgehead atoms. The number of thiol groups is 8. The lowest BCUT2D eigenvalue weighted by Crippen LogP contribution is -2.48. The predicted molar refractivity (Wildman–Crippen MR) is 373 cm³/mol. The zero-order valence-electron chi connectivity index (χ0n) is 56.1. The molecule has 0 unspecified atom stereocenters. The van der Waals surface area contributed by atoms with E-state index >= 15 is 0 Å². The van der Waals surface area contributed by atoms with E-state index in [-0.39, 0.29) is 110 Å². The lowest BCUT2D eigenvalue weighted by molar-refractivity contribution is -0.185. The van der Waals surface area contributed by atoms with Crippen LogP contribution in [-0.4, -0.2) is 222 Å². The highest BCUT2D eigenvalue weighted by molar-refractivity contribution is 7.81. The fraction of sp³-hybridized carbons (Fsp3) is 0.770. The number of hydrogen-bond donors (Lipinski definition) is 8. The predicted octanol–water partition coefficient (Wildman–Crippen LogP) is 4.99. The standard InChI is InChI=1S/C61H96O28S8/c1-9-61(10-2,39-88-53(74)59(7,35-84-49(70)55(3,27-76-41(62)11-19-90)28-77-42(63)12-20-91)36-85-50(71)56(4,29-78-43(64)13-21-92)30-79-44(65)14-22-93)40-89-54(75)60(8,37-86-51(72)57(5,31-80-45(66)15-23-94)32-81-46(67)16-24-95)38-87-52(73)58(6,33-82-47(68)17-25-96)34-83-48(69)18-26-97/h90-97H,9-40H2,1-8H3. The van der Waals surface area contributed by atoms with Gasteiger partial charge in [0.2, 0.25) is 0 Å². The molecule has 0 aliphatic heterocycles. The van der Waals surface area contributed by atoms with Gasteiger partial charge in [-0.3, -0.25) is 67.1 Å². The quantitative estimate of drug-likeness (QED) is 0.0226. The van der Waals surface area contributed by atoms with Crippen molar-refractivity contribution >= 4 is 185 Å². The van der Waals surface area contributed by atoms with E-state index in [0.717, 1.165) is 0 Å². The summed E-state index contributed by atoms with van der Waals surface area (Å²) in [7, 11) is 0. The van der Waals surface area contributed by atoms with Crippen molar-refractivity contribution in [3.05, 3.63) is 0 Å². The van der Waals surface area contributed by atoms with Gasteiger partial charge in [0.05, 0.1) is 51.4 Å². The molecular formula is C61H96O28S8. The monoisotopic (exact) mass is 1530 g/mol. The Labute approximate surface area is 610 Å². The van der Waals surface area contributed by atoms with Crippen molar-refractivity contribution in [3.8, 4) is 0 Å². The Balaban J connectivity index is 7.81. The molecule has 0 aromatic rings. The van der Waals surface area contributed by atoms with Gasteiger partial charge in [0, 0.05) is 51.4 Å². The van der Waals surface area contributed by atoms with Gasteiger partial charge in [-0.15, -0.1) is 0 Å². The van der Waals surface area contributed by atoms with Crippen LogP contribution in [0.1, 0.15) is 120 Å². The SMILES string of the molecule is CCC(CC)(COC(=O)C(C)(COC(=O)C(C)(COC(=O)CCS)COC(=O)CCS)COC(=O)C(C)(COC(=O)CCS)COC(=O)CCS)COC(=O)C(C)(COC(=O)C(C)(COC(=O)CCS)COC(=O)CCS)COC(=O)C(C)(COC(=O)CCS)COC(=O)CCS. The minimum atomic E-state index is -2.20. The summed E-state index contributed by atoms with van der Waals surface area (Å²) < 4.78 is 77.3. The molecule has 0 amide bonds. The second-order valence-electron chi connectivity index (χ2n) is 24.1. The molecule has 0 saturated heterocycles. The Kier molecular flexibility index (Phi) is 45.2. The Bertz CT molecular complexity index is 2200. The Hall–Kier alpha value is -4.62. The summed E-state index contributed by atoms with van der Waals surface area (Å²) in [4.78, 5) is 186. The van der Waals surface area contributed by atoms with Crippen LogP contribution < -0.4 is 0 Å². The van der Waals surface area contributed by atoms with E-state index < -0.39 is 214 Å². The van der Waals surface area contributed by atoms with Crippen molar-refractivity contribution in [1.29, 1.82) is 0 Å². The number of rotatable bonds is 52. The molecule has 0 aliphatic rings. The van der Waals surface area contributed by atoms with Crippen LogP contribution in [0.3, 0.4) is 0 Å². The van der Waals surface area contributed by atoms with Crippen molar-refractivity contribution in [1.82, 2.24) is 0 Å². The summed E-state index contributed by atoms with van der Waals surface area (Å²) in [5.74, 6) is -12.6. The van der Waals surface area contributed by atoms with Crippen molar-refractivity contribution < 1.29 is 133 Å². The molecule has 36 heteroatoms. The number of ether oxygens (including phenoxy) is 14. The highest BCUT2D eigenvalue weighted by Crippen LogP contribution is 2.34. The molecule has 0 rings (SSSR count). The first-order valence-electron chi connectivity index (χ1n) is 30.7. The van der Waals surface area contributed by atoms with E-state index in [2.05, 4.69) is 101 Å². The zero-order valence-corrected chi connectivity index (χ0v) is 63.3. The lowest BCUT2D eigenvalue weighted by Gasteiger charge is -2.36. The molecular weight excluding hydrogens is 1440 g/mol. The van der Waals surface area contributed by atoms with Gasteiger partial charge in [0.15, 0.2) is 0 Å². The summed E-state index contributed by atoms with van der Waals surface area (Å²) in [6, 6.07) is 0. The van der Waals surface area contributed by atoms with Crippen molar-refractivity contribution in [3.63, 3.8) is 0 Å². The summed E-state index contributed by atoms with van der Waals surface area (Å²) in [6.45, 7) is 0.0624. The van der Waals surface area contributed by atoms with Crippen molar-refractivity contribution in [2.24, 2.45) is 37.9 Å². The average Bonchev–Trinajstić information content (AvgIpc) is 0.880. The molecule has 0 atom stereocenters. The highest BCUT2D eigenvalue weighted by atomic mass is 32.1. The van der Waals surface area contributed by atoms with Gasteiger partial charge in [-0.25, -0.2) is 0 Å². The first-order chi connectivity index (χ1) is 45.5. The molecule has 0 aromatic heterocycles. The van der Waals surface area contributed by atoms with Crippen LogP contribution in [0.2, 0.25) is 0 Å². The maximum Gasteiger partial charge on any atom is 0.318 e. The van der Waals surface area contributed by atoms with Gasteiger partial charge in [-0.1, -0.05) is 13.8 Å². The van der Waals surface area contributed by atoms with E-state index in [0.29, 0.717) is 0 Å². The molecule has 556 valence electrons. The minimum Gasteiger partial charge on any atom is -0.464 e. The van der Waals surface area contributed by atoms with E-state index in [4.69, 9.17) is 66.3 Å². The summed E-state index contributed by atoms with van der Waals surface area (Å²) in [5, 5.41) is 0. The molecule has 0 aromatic carbocycles. The van der Waals surface area contributed by atoms with E-state index in [1.54, 1.807) is 13.8 Å². The smallest absolute Gasteiger partial charge is 0.318 e. The van der Waals surface area contributed by atoms with Gasteiger partial charge >= 0.3 is 83.6 Å². The van der Waals surface area contributed by atoms with Crippen LogP contribution in [0.5, 0.6) is 0 Å². The molecule has 0 heterocycles. The van der Waals surface area contributed by atoms with Gasteiger partial charge in [0.25, 0.3) is 0 Å². The molecule has 0 aliphatic carbocycles. The van der Waals surface area contributed by atoms with Crippen molar-refractivity contribution in [2.45, 2.75) is 120 Å². The van der Waals surface area contributed by atoms with Gasteiger partial charge in [-0.05, 0) is 54.4 Å². The lowest BCUT2D eigenvalue weighted by atomic mass is 9.83. The van der Waals surface area contributed by atoms with Crippen LogP contribution in [0.4, 0.5) is 0 Å². The normalized spacial score (nSPS) is 12.0. The fourth-order valence-electron chi connectivity index (χ4n) is 7.26. The molecule has 0 spiro atoms. The van der Waals surface area contributed by atoms with Crippen LogP contribution >= 0.6 is 101 Å². The van der Waals surface area contributed by atoms with Crippen molar-refractivity contribution in [2.75, 3.05) is 139 Å². The Morgan fingerprint density at radius 1 is 0.206 bits per heavy atom. The van der Waals surface area contributed by atoms with Crippen LogP contribution in [0.15, 0.2) is 0 Å². The van der Waals surface area contributed by atoms with E-state index in [1.807, 2.05) is 0 Å². The first kappa shape index (κ1) is 92.4. The third-order valence-corrected chi connectivity index (χ3v) is 16.3. The van der Waals surface area contributed by atoms with Gasteiger partial charge in [0.1, 0.15) is 125 Å². The van der Waals surface area contributed by atoms with Crippen LogP contribution in [0, 0.1) is 37.9 Å². The third kappa shape index (κ3) is 34.5. The van der Waals surface area contributed by atoms with Gasteiger partial charge in [-0.2, -0.15) is 101 Å². The number of carbonyl (C=O) groups is 14. The average molecular weight is 1530 g/mol. The molecule has 0 N–H and O–H groups in total. The highest BCUT2D eigenvalue weighted by Gasteiger charge is 2.49. The fourth-order valence-corrected chi connectivity index (χ4v) is 8.73. The first-order valence-corrected chi connectivity index (χ1v) is 35.7. The molecule has 28 nitrogen and oxygen atoms in total. The number of hydrogen-bond acceptors (Lipinski definition) is 36. The number of esters is 14.